The van der Waals surface area contributed by atoms with Crippen molar-refractivity contribution in [2.24, 2.45) is 0 Å². The highest BCUT2D eigenvalue weighted by atomic mass is 79.9. The van der Waals surface area contributed by atoms with Crippen molar-refractivity contribution in [2.75, 3.05) is 6.54 Å². The number of Topliss-reactive ketones (excluding diaryl/α,β-unsaturated/α-hetero) is 1. The summed E-state index contributed by atoms with van der Waals surface area (Å²) in [5.74, 6) is -0.0567. The molecule has 7 heteroatoms. The first-order valence-electron chi connectivity index (χ1n) is 11.2. The molecule has 1 fully saturated rings. The lowest BCUT2D eigenvalue weighted by molar-refractivity contribution is -0.122. The minimum absolute atomic E-state index is 0.285. The first-order valence-corrected chi connectivity index (χ1v) is 12.8. The SMILES string of the molecule is O=C(CN1C(=O)S/C(=C/c2ccc(OCc3cccc4ccccc34)cc2)C1=O)c1ccc(Br)cc1. The molecule has 0 bridgehead atoms. The van der Waals surface area contributed by atoms with Crippen LogP contribution in [-0.2, 0) is 11.4 Å². The predicted octanol–water partition coefficient (Wildman–Crippen LogP) is 7.10. The monoisotopic (exact) mass is 557 g/mol. The Labute approximate surface area is 220 Å². The highest BCUT2D eigenvalue weighted by Gasteiger charge is 2.36. The molecule has 0 aromatic heterocycles. The second-order valence-electron chi connectivity index (χ2n) is 8.19. The molecule has 1 aliphatic heterocycles. The molecular formula is C29H20BrNO4S. The lowest BCUT2D eigenvalue weighted by Gasteiger charge is -2.11. The molecule has 178 valence electrons. The molecule has 1 heterocycles. The van der Waals surface area contributed by atoms with Crippen LogP contribution in [0.2, 0.25) is 0 Å². The smallest absolute Gasteiger partial charge is 0.293 e. The van der Waals surface area contributed by atoms with Crippen molar-refractivity contribution in [3.8, 4) is 5.75 Å². The van der Waals surface area contributed by atoms with Gasteiger partial charge in [0.2, 0.25) is 0 Å². The van der Waals surface area contributed by atoms with Gasteiger partial charge in [0, 0.05) is 10.0 Å². The third-order valence-electron chi connectivity index (χ3n) is 5.79. The number of imide groups is 1. The standard InChI is InChI=1S/C29H20BrNO4S/c30-23-12-10-21(11-13-23)26(32)17-31-28(33)27(36-29(31)34)16-19-8-14-24(15-9-19)35-18-22-6-3-5-20-4-1-2-7-25(20)22/h1-16H,17-18H2/b27-16+. The lowest BCUT2D eigenvalue weighted by Crippen LogP contribution is -2.33. The van der Waals surface area contributed by atoms with Crippen LogP contribution in [0.1, 0.15) is 21.5 Å². The van der Waals surface area contributed by atoms with Crippen molar-refractivity contribution in [1.82, 2.24) is 4.90 Å². The number of amides is 2. The summed E-state index contributed by atoms with van der Waals surface area (Å²) in [6, 6.07) is 28.5. The number of halogens is 1. The number of hydrogen-bond donors (Lipinski definition) is 0. The Bertz CT molecular complexity index is 1490. The fourth-order valence-electron chi connectivity index (χ4n) is 3.90. The summed E-state index contributed by atoms with van der Waals surface area (Å²) in [6.45, 7) is 0.149. The van der Waals surface area contributed by atoms with E-state index >= 15 is 0 Å². The summed E-state index contributed by atoms with van der Waals surface area (Å²) in [4.78, 5) is 39.0. The molecule has 0 saturated carbocycles. The predicted molar refractivity (Wildman–Crippen MR) is 146 cm³/mol. The Kier molecular flexibility index (Phi) is 7.02. The van der Waals surface area contributed by atoms with Gasteiger partial charge in [0.15, 0.2) is 5.78 Å². The molecule has 4 aromatic carbocycles. The molecule has 4 aromatic rings. The van der Waals surface area contributed by atoms with E-state index < -0.39 is 11.1 Å². The van der Waals surface area contributed by atoms with E-state index in [4.69, 9.17) is 4.74 Å². The summed E-state index contributed by atoms with van der Waals surface area (Å²) >= 11 is 4.16. The average molecular weight is 558 g/mol. The number of carbonyl (C=O) groups is 3. The van der Waals surface area contributed by atoms with Crippen LogP contribution < -0.4 is 4.74 Å². The van der Waals surface area contributed by atoms with Gasteiger partial charge in [-0.25, -0.2) is 0 Å². The Morgan fingerprint density at radius 1 is 0.889 bits per heavy atom. The summed E-state index contributed by atoms with van der Waals surface area (Å²) in [7, 11) is 0. The number of ketones is 1. The van der Waals surface area contributed by atoms with Crippen LogP contribution in [-0.4, -0.2) is 28.4 Å². The molecule has 0 atom stereocenters. The zero-order valence-electron chi connectivity index (χ0n) is 19.0. The number of benzene rings is 4. The Morgan fingerprint density at radius 3 is 2.39 bits per heavy atom. The molecule has 0 spiro atoms. The molecular weight excluding hydrogens is 538 g/mol. The topological polar surface area (TPSA) is 63.7 Å². The van der Waals surface area contributed by atoms with Gasteiger partial charge in [0.25, 0.3) is 11.1 Å². The van der Waals surface area contributed by atoms with E-state index in [1.165, 1.54) is 5.39 Å². The van der Waals surface area contributed by atoms with E-state index in [0.29, 0.717) is 17.9 Å². The minimum Gasteiger partial charge on any atom is -0.489 e. The molecule has 2 amide bonds. The number of rotatable bonds is 7. The lowest BCUT2D eigenvalue weighted by atomic mass is 10.1. The van der Waals surface area contributed by atoms with Crippen LogP contribution in [0.3, 0.4) is 0 Å². The second kappa shape index (κ2) is 10.5. The third kappa shape index (κ3) is 5.27. The molecule has 36 heavy (non-hydrogen) atoms. The van der Waals surface area contributed by atoms with Gasteiger partial charge in [0.1, 0.15) is 12.4 Å². The Balaban J connectivity index is 1.23. The zero-order valence-corrected chi connectivity index (χ0v) is 21.4. The maximum atomic E-state index is 12.8. The molecule has 1 saturated heterocycles. The fraction of sp³-hybridized carbons (Fsp3) is 0.0690. The largest absolute Gasteiger partial charge is 0.489 e. The number of thioether (sulfide) groups is 1. The molecule has 0 radical (unpaired) electrons. The minimum atomic E-state index is -0.466. The summed E-state index contributed by atoms with van der Waals surface area (Å²) < 4.78 is 6.82. The first-order chi connectivity index (χ1) is 17.5. The Morgan fingerprint density at radius 2 is 1.61 bits per heavy atom. The van der Waals surface area contributed by atoms with Crippen LogP contribution in [0.25, 0.3) is 16.8 Å². The van der Waals surface area contributed by atoms with Gasteiger partial charge < -0.3 is 4.74 Å². The normalized spacial score (nSPS) is 14.6. The van der Waals surface area contributed by atoms with Crippen molar-refractivity contribution in [2.45, 2.75) is 6.61 Å². The van der Waals surface area contributed by atoms with Gasteiger partial charge in [-0.05, 0) is 64.0 Å². The van der Waals surface area contributed by atoms with E-state index in [1.54, 1.807) is 30.3 Å². The van der Waals surface area contributed by atoms with Gasteiger partial charge >= 0.3 is 0 Å². The molecule has 0 unspecified atom stereocenters. The fourth-order valence-corrected chi connectivity index (χ4v) is 5.00. The van der Waals surface area contributed by atoms with Crippen LogP contribution in [0.5, 0.6) is 5.75 Å². The Hall–Kier alpha value is -3.68. The molecule has 5 rings (SSSR count). The number of nitrogens with zero attached hydrogens (tertiary/aromatic N) is 1. The van der Waals surface area contributed by atoms with Crippen molar-refractivity contribution in [1.29, 1.82) is 0 Å². The number of ether oxygens (including phenoxy) is 1. The van der Waals surface area contributed by atoms with E-state index in [1.807, 2.05) is 48.5 Å². The van der Waals surface area contributed by atoms with E-state index in [-0.39, 0.29) is 17.2 Å². The highest BCUT2D eigenvalue weighted by Crippen LogP contribution is 2.32. The van der Waals surface area contributed by atoms with Gasteiger partial charge in [-0.3, -0.25) is 19.3 Å². The summed E-state index contributed by atoms with van der Waals surface area (Å²) in [6.07, 6.45) is 1.66. The highest BCUT2D eigenvalue weighted by molar-refractivity contribution is 9.10. The van der Waals surface area contributed by atoms with E-state index in [0.717, 1.165) is 37.6 Å². The number of carbonyl (C=O) groups excluding carboxylic acids is 3. The van der Waals surface area contributed by atoms with Crippen molar-refractivity contribution in [3.63, 3.8) is 0 Å². The van der Waals surface area contributed by atoms with Crippen molar-refractivity contribution >= 4 is 61.5 Å². The van der Waals surface area contributed by atoms with Gasteiger partial charge in [-0.15, -0.1) is 0 Å². The maximum Gasteiger partial charge on any atom is 0.293 e. The third-order valence-corrected chi connectivity index (χ3v) is 7.23. The van der Waals surface area contributed by atoms with Crippen molar-refractivity contribution < 1.29 is 19.1 Å². The summed E-state index contributed by atoms with van der Waals surface area (Å²) in [5.41, 5.74) is 2.31. The van der Waals surface area contributed by atoms with Crippen molar-refractivity contribution in [3.05, 3.63) is 117 Å². The van der Waals surface area contributed by atoms with Crippen LogP contribution >= 0.6 is 27.7 Å². The maximum absolute atomic E-state index is 12.8. The quantitative estimate of drug-likeness (QED) is 0.179. The van der Waals surface area contributed by atoms with Crippen LogP contribution in [0.15, 0.2) is 100 Å². The molecule has 0 N–H and O–H groups in total. The number of fused-ring (bicyclic) bond motifs is 1. The first kappa shape index (κ1) is 24.0. The zero-order chi connectivity index (χ0) is 25.1. The van der Waals surface area contributed by atoms with E-state index in [9.17, 15) is 14.4 Å². The number of hydrogen-bond acceptors (Lipinski definition) is 5. The molecule has 0 aliphatic carbocycles. The summed E-state index contributed by atoms with van der Waals surface area (Å²) in [5, 5.41) is 1.87. The average Bonchev–Trinajstić information content (AvgIpc) is 3.15. The second-order valence-corrected chi connectivity index (χ2v) is 10.1. The van der Waals surface area contributed by atoms with E-state index in [2.05, 4.69) is 34.1 Å². The molecule has 5 nitrogen and oxygen atoms in total. The van der Waals surface area contributed by atoms with Gasteiger partial charge in [-0.1, -0.05) is 82.7 Å². The van der Waals surface area contributed by atoms with Crippen LogP contribution in [0, 0.1) is 0 Å². The molecule has 1 aliphatic rings. The van der Waals surface area contributed by atoms with Gasteiger partial charge in [0.05, 0.1) is 11.4 Å². The van der Waals surface area contributed by atoms with Gasteiger partial charge in [-0.2, -0.15) is 0 Å². The van der Waals surface area contributed by atoms with Crippen LogP contribution in [0.4, 0.5) is 4.79 Å².